The Bertz CT molecular complexity index is 735. The molecule has 0 spiro atoms. The average Bonchev–Trinajstić information content (AvgIpc) is 2.68. The Kier molecular flexibility index (Phi) is 4.61. The zero-order valence-corrected chi connectivity index (χ0v) is 17.0. The van der Waals surface area contributed by atoms with Gasteiger partial charge in [0, 0.05) is 32.4 Å². The molecule has 1 aromatic heterocycles. The first-order chi connectivity index (χ1) is 13.5. The van der Waals surface area contributed by atoms with Crippen molar-refractivity contribution in [3.05, 3.63) is 29.0 Å². The fourth-order valence-corrected chi connectivity index (χ4v) is 6.78. The molecular weight excluding hydrogens is 374 g/mol. The summed E-state index contributed by atoms with van der Waals surface area (Å²) >= 11 is 5.81. The van der Waals surface area contributed by atoms with E-state index in [1.807, 2.05) is 11.0 Å². The molecule has 4 bridgehead atoms. The lowest BCUT2D eigenvalue weighted by molar-refractivity contribution is -0.160. The Morgan fingerprint density at radius 3 is 2.07 bits per heavy atom. The van der Waals surface area contributed by atoms with Crippen molar-refractivity contribution in [2.75, 3.05) is 26.2 Å². The van der Waals surface area contributed by atoms with Gasteiger partial charge in [0.1, 0.15) is 5.15 Å². The third-order valence-corrected chi connectivity index (χ3v) is 7.78. The van der Waals surface area contributed by atoms with E-state index in [0.29, 0.717) is 43.7 Å². The number of rotatable bonds is 3. The molecule has 5 aliphatic rings. The lowest BCUT2D eigenvalue weighted by atomic mass is 9.49. The summed E-state index contributed by atoms with van der Waals surface area (Å²) in [7, 11) is 0. The summed E-state index contributed by atoms with van der Waals surface area (Å²) < 4.78 is 0. The molecule has 28 heavy (non-hydrogen) atoms. The number of piperazine rings is 1. The van der Waals surface area contributed by atoms with Crippen LogP contribution in [0.15, 0.2) is 18.3 Å². The standard InChI is InChI=1S/C22H28ClN3O2/c23-19-2-1-15(14-24-19)10-20(27)25-3-5-26(6-4-25)21(28)22-11-16-7-17(12-22)9-18(8-16)13-22/h1-2,14,16-18H,3-13H2. The van der Waals surface area contributed by atoms with E-state index >= 15 is 0 Å². The molecule has 6 rings (SSSR count). The van der Waals surface area contributed by atoms with Gasteiger partial charge in [-0.05, 0) is 67.9 Å². The largest absolute Gasteiger partial charge is 0.339 e. The molecule has 2 amide bonds. The molecule has 5 fully saturated rings. The van der Waals surface area contributed by atoms with Crippen LogP contribution in [-0.2, 0) is 16.0 Å². The van der Waals surface area contributed by atoms with Gasteiger partial charge in [0.15, 0.2) is 0 Å². The van der Waals surface area contributed by atoms with Crippen molar-refractivity contribution in [2.24, 2.45) is 23.2 Å². The Labute approximate surface area is 171 Å². The van der Waals surface area contributed by atoms with Crippen molar-refractivity contribution in [2.45, 2.75) is 44.9 Å². The fourth-order valence-electron chi connectivity index (χ4n) is 6.66. The molecule has 1 aliphatic heterocycles. The molecule has 6 heteroatoms. The van der Waals surface area contributed by atoms with Crippen LogP contribution in [0.4, 0.5) is 0 Å². The minimum absolute atomic E-state index is 0.0735. The van der Waals surface area contributed by atoms with E-state index in [4.69, 9.17) is 11.6 Å². The molecule has 1 saturated heterocycles. The summed E-state index contributed by atoms with van der Waals surface area (Å²) in [6.45, 7) is 2.62. The van der Waals surface area contributed by atoms with Crippen molar-refractivity contribution in [1.29, 1.82) is 0 Å². The second-order valence-corrected chi connectivity index (χ2v) is 9.92. The number of hydrogen-bond acceptors (Lipinski definition) is 3. The summed E-state index contributed by atoms with van der Waals surface area (Å²) in [6.07, 6.45) is 9.40. The first-order valence-corrected chi connectivity index (χ1v) is 11.1. The van der Waals surface area contributed by atoms with Gasteiger partial charge in [-0.2, -0.15) is 0 Å². The molecule has 1 aromatic rings. The summed E-state index contributed by atoms with van der Waals surface area (Å²) in [5.41, 5.74) is 0.803. The highest BCUT2D eigenvalue weighted by atomic mass is 35.5. The van der Waals surface area contributed by atoms with Gasteiger partial charge in [-0.1, -0.05) is 17.7 Å². The summed E-state index contributed by atoms with van der Waals surface area (Å²) in [5.74, 6) is 2.84. The maximum absolute atomic E-state index is 13.5. The van der Waals surface area contributed by atoms with E-state index < -0.39 is 0 Å². The van der Waals surface area contributed by atoms with Gasteiger partial charge in [0.25, 0.3) is 0 Å². The maximum Gasteiger partial charge on any atom is 0.228 e. The second-order valence-electron chi connectivity index (χ2n) is 9.54. The highest BCUT2D eigenvalue weighted by molar-refractivity contribution is 6.29. The third-order valence-electron chi connectivity index (χ3n) is 7.56. The van der Waals surface area contributed by atoms with Gasteiger partial charge >= 0.3 is 0 Å². The number of halogens is 1. The molecule has 0 N–H and O–H groups in total. The number of aromatic nitrogens is 1. The van der Waals surface area contributed by atoms with E-state index in [1.54, 1.807) is 12.3 Å². The normalized spacial score (nSPS) is 34.0. The maximum atomic E-state index is 13.5. The molecule has 0 aromatic carbocycles. The lowest BCUT2D eigenvalue weighted by Crippen LogP contribution is -2.58. The van der Waals surface area contributed by atoms with Gasteiger partial charge in [0.05, 0.1) is 11.8 Å². The number of carbonyl (C=O) groups excluding carboxylic acids is 2. The zero-order valence-electron chi connectivity index (χ0n) is 16.3. The van der Waals surface area contributed by atoms with E-state index in [0.717, 1.165) is 42.6 Å². The number of amides is 2. The molecule has 4 aliphatic carbocycles. The van der Waals surface area contributed by atoms with Crippen LogP contribution < -0.4 is 0 Å². The van der Waals surface area contributed by atoms with Crippen LogP contribution in [0.1, 0.15) is 44.1 Å². The Balaban J connectivity index is 1.18. The zero-order chi connectivity index (χ0) is 19.3. The minimum atomic E-state index is -0.0735. The van der Waals surface area contributed by atoms with Crippen LogP contribution in [0, 0.1) is 23.2 Å². The van der Waals surface area contributed by atoms with Crippen molar-refractivity contribution >= 4 is 23.4 Å². The van der Waals surface area contributed by atoms with Crippen LogP contribution in [0.25, 0.3) is 0 Å². The van der Waals surface area contributed by atoms with Crippen LogP contribution in [0.2, 0.25) is 5.15 Å². The average molecular weight is 402 g/mol. The highest BCUT2D eigenvalue weighted by Gasteiger charge is 2.55. The molecule has 0 atom stereocenters. The van der Waals surface area contributed by atoms with Gasteiger partial charge < -0.3 is 9.80 Å². The van der Waals surface area contributed by atoms with Crippen LogP contribution in [-0.4, -0.2) is 52.8 Å². The minimum Gasteiger partial charge on any atom is -0.339 e. The van der Waals surface area contributed by atoms with Crippen molar-refractivity contribution in [1.82, 2.24) is 14.8 Å². The van der Waals surface area contributed by atoms with Gasteiger partial charge in [-0.3, -0.25) is 9.59 Å². The van der Waals surface area contributed by atoms with Crippen LogP contribution >= 0.6 is 11.6 Å². The van der Waals surface area contributed by atoms with Crippen molar-refractivity contribution in [3.8, 4) is 0 Å². The molecule has 5 nitrogen and oxygen atoms in total. The molecular formula is C22H28ClN3O2. The quantitative estimate of drug-likeness (QED) is 0.731. The highest BCUT2D eigenvalue weighted by Crippen LogP contribution is 2.60. The first kappa shape index (κ1) is 18.4. The van der Waals surface area contributed by atoms with Crippen LogP contribution in [0.3, 0.4) is 0 Å². The van der Waals surface area contributed by atoms with Gasteiger partial charge in [-0.25, -0.2) is 4.98 Å². The molecule has 0 radical (unpaired) electrons. The number of pyridine rings is 1. The van der Waals surface area contributed by atoms with Crippen molar-refractivity contribution < 1.29 is 9.59 Å². The second kappa shape index (κ2) is 7.01. The molecule has 0 unspecified atom stereocenters. The van der Waals surface area contributed by atoms with Gasteiger partial charge in [0.2, 0.25) is 11.8 Å². The third kappa shape index (κ3) is 3.32. The predicted octanol–water partition coefficient (Wildman–Crippen LogP) is 3.16. The predicted molar refractivity (Wildman–Crippen MR) is 107 cm³/mol. The summed E-state index contributed by atoms with van der Waals surface area (Å²) in [5, 5.41) is 0.438. The Hall–Kier alpha value is -1.62. The Morgan fingerprint density at radius 2 is 1.54 bits per heavy atom. The monoisotopic (exact) mass is 401 g/mol. The Morgan fingerprint density at radius 1 is 0.964 bits per heavy atom. The summed E-state index contributed by atoms with van der Waals surface area (Å²) in [4.78, 5) is 34.1. The summed E-state index contributed by atoms with van der Waals surface area (Å²) in [6, 6.07) is 3.56. The topological polar surface area (TPSA) is 53.5 Å². The van der Waals surface area contributed by atoms with E-state index in [-0.39, 0.29) is 11.3 Å². The fraction of sp³-hybridized carbons (Fsp3) is 0.682. The first-order valence-electron chi connectivity index (χ1n) is 10.7. The SMILES string of the molecule is O=C(Cc1ccc(Cl)nc1)N1CCN(C(=O)C23CC4CC(CC(C4)C2)C3)CC1. The van der Waals surface area contributed by atoms with Crippen molar-refractivity contribution in [3.63, 3.8) is 0 Å². The molecule has 2 heterocycles. The lowest BCUT2D eigenvalue weighted by Gasteiger charge is -2.57. The molecule has 4 saturated carbocycles. The van der Waals surface area contributed by atoms with Gasteiger partial charge in [-0.15, -0.1) is 0 Å². The smallest absolute Gasteiger partial charge is 0.228 e. The number of nitrogens with zero attached hydrogens (tertiary/aromatic N) is 3. The molecule has 150 valence electrons. The van der Waals surface area contributed by atoms with E-state index in [1.165, 1.54) is 19.3 Å². The van der Waals surface area contributed by atoms with Crippen LogP contribution in [0.5, 0.6) is 0 Å². The number of hydrogen-bond donors (Lipinski definition) is 0. The van der Waals surface area contributed by atoms with E-state index in [2.05, 4.69) is 9.88 Å². The van der Waals surface area contributed by atoms with E-state index in [9.17, 15) is 9.59 Å². The number of carbonyl (C=O) groups is 2.